The predicted octanol–water partition coefficient (Wildman–Crippen LogP) is 2.16. The molecule has 0 aliphatic heterocycles. The summed E-state index contributed by atoms with van der Waals surface area (Å²) < 4.78 is 2.19. The molecule has 0 aliphatic rings. The zero-order valence-corrected chi connectivity index (χ0v) is 13.1. The van der Waals surface area contributed by atoms with E-state index in [0.29, 0.717) is 6.54 Å². The van der Waals surface area contributed by atoms with Gasteiger partial charge in [-0.05, 0) is 30.7 Å². The maximum absolute atomic E-state index is 9.41. The molecule has 1 heterocycles. The van der Waals surface area contributed by atoms with Gasteiger partial charge >= 0.3 is 0 Å². The molecular weight excluding hydrogens is 290 g/mol. The van der Waals surface area contributed by atoms with E-state index in [0.717, 1.165) is 29.1 Å². The molecule has 0 amide bonds. The van der Waals surface area contributed by atoms with Crippen LogP contribution >= 0.6 is 0 Å². The van der Waals surface area contributed by atoms with Crippen molar-refractivity contribution in [1.82, 2.24) is 9.55 Å². The number of anilines is 1. The quantitative estimate of drug-likeness (QED) is 0.652. The first-order valence-corrected chi connectivity index (χ1v) is 7.71. The lowest BCUT2D eigenvalue weighted by atomic mass is 10.2. The van der Waals surface area contributed by atoms with Crippen molar-refractivity contribution >= 4 is 16.7 Å². The fraction of sp³-hybridized carbons (Fsp3) is 0.278. The Morgan fingerprint density at radius 3 is 2.70 bits per heavy atom. The average molecular weight is 311 g/mol. The summed E-state index contributed by atoms with van der Waals surface area (Å²) in [6.45, 7) is 2.86. The van der Waals surface area contributed by atoms with Gasteiger partial charge in [0.2, 0.25) is 0 Å². The van der Waals surface area contributed by atoms with E-state index in [1.807, 2.05) is 43.3 Å². The summed E-state index contributed by atoms with van der Waals surface area (Å²) >= 11 is 0. The molecule has 3 aromatic rings. The minimum atomic E-state index is -0.761. The molecule has 23 heavy (non-hydrogen) atoms. The van der Waals surface area contributed by atoms with Crippen LogP contribution in [0.4, 0.5) is 5.69 Å². The zero-order chi connectivity index (χ0) is 16.2. The second-order valence-corrected chi connectivity index (χ2v) is 5.65. The number of nitrogens with one attached hydrogen (secondary N) is 1. The van der Waals surface area contributed by atoms with Crippen molar-refractivity contribution in [2.75, 3.05) is 18.5 Å². The second-order valence-electron chi connectivity index (χ2n) is 5.65. The molecule has 3 rings (SSSR count). The largest absolute Gasteiger partial charge is 0.394 e. The van der Waals surface area contributed by atoms with Crippen molar-refractivity contribution in [1.29, 1.82) is 0 Å². The van der Waals surface area contributed by atoms with Gasteiger partial charge in [-0.3, -0.25) is 0 Å². The predicted molar refractivity (Wildman–Crippen MR) is 91.6 cm³/mol. The number of fused-ring (bicyclic) bond motifs is 1. The molecule has 1 atom stereocenters. The Hall–Kier alpha value is -2.37. The number of nitrogens with zero attached hydrogens (tertiary/aromatic N) is 2. The number of aromatic nitrogens is 2. The van der Waals surface area contributed by atoms with Crippen molar-refractivity contribution in [2.45, 2.75) is 19.6 Å². The first-order valence-electron chi connectivity index (χ1n) is 7.71. The third-order valence-electron chi connectivity index (χ3n) is 3.88. The van der Waals surface area contributed by atoms with Crippen LogP contribution in [-0.4, -0.2) is 39.0 Å². The Morgan fingerprint density at radius 1 is 1.17 bits per heavy atom. The maximum atomic E-state index is 9.41. The van der Waals surface area contributed by atoms with E-state index in [-0.39, 0.29) is 6.61 Å². The molecule has 1 aromatic heterocycles. The molecule has 5 nitrogen and oxygen atoms in total. The van der Waals surface area contributed by atoms with E-state index in [4.69, 9.17) is 5.11 Å². The van der Waals surface area contributed by atoms with Gasteiger partial charge in [0.15, 0.2) is 0 Å². The summed E-state index contributed by atoms with van der Waals surface area (Å²) in [4.78, 5) is 4.63. The lowest BCUT2D eigenvalue weighted by Gasteiger charge is -2.10. The lowest BCUT2D eigenvalue weighted by Crippen LogP contribution is -2.22. The normalized spacial score (nSPS) is 12.5. The van der Waals surface area contributed by atoms with E-state index in [2.05, 4.69) is 27.0 Å². The smallest absolute Gasteiger partial charge is 0.107 e. The molecule has 0 saturated carbocycles. The number of hydrogen-bond acceptors (Lipinski definition) is 4. The van der Waals surface area contributed by atoms with Crippen LogP contribution in [0.1, 0.15) is 11.4 Å². The van der Waals surface area contributed by atoms with Gasteiger partial charge < -0.3 is 20.1 Å². The van der Waals surface area contributed by atoms with Gasteiger partial charge in [-0.1, -0.05) is 30.3 Å². The molecule has 3 N–H and O–H groups in total. The first-order chi connectivity index (χ1) is 11.2. The van der Waals surface area contributed by atoms with E-state index in [9.17, 15) is 5.11 Å². The first kappa shape index (κ1) is 15.5. The molecule has 0 spiro atoms. The van der Waals surface area contributed by atoms with Crippen molar-refractivity contribution in [3.8, 4) is 0 Å². The monoisotopic (exact) mass is 311 g/mol. The summed E-state index contributed by atoms with van der Waals surface area (Å²) in [7, 11) is 0. The number of imidazole rings is 1. The second kappa shape index (κ2) is 6.81. The number of hydrogen-bond donors (Lipinski definition) is 3. The SMILES string of the molecule is Cc1nc2cc(NCC(O)CO)ccc2n1Cc1ccccc1. The van der Waals surface area contributed by atoms with Crippen LogP contribution in [0.2, 0.25) is 0 Å². The number of aryl methyl sites for hydroxylation is 1. The number of rotatable bonds is 6. The number of aliphatic hydroxyl groups excluding tert-OH is 2. The molecule has 0 fully saturated rings. The summed E-state index contributed by atoms with van der Waals surface area (Å²) in [5.41, 5.74) is 4.12. The Bertz CT molecular complexity index is 784. The highest BCUT2D eigenvalue weighted by Crippen LogP contribution is 2.21. The van der Waals surface area contributed by atoms with E-state index in [1.165, 1.54) is 5.56 Å². The molecule has 1 unspecified atom stereocenters. The summed E-state index contributed by atoms with van der Waals surface area (Å²) in [5.74, 6) is 0.969. The average Bonchev–Trinajstić information content (AvgIpc) is 2.88. The third kappa shape index (κ3) is 3.52. The summed E-state index contributed by atoms with van der Waals surface area (Å²) in [6, 6.07) is 16.3. The minimum Gasteiger partial charge on any atom is -0.394 e. The molecule has 120 valence electrons. The van der Waals surface area contributed by atoms with Gasteiger partial charge in [0.25, 0.3) is 0 Å². The number of aliphatic hydroxyl groups is 2. The zero-order valence-electron chi connectivity index (χ0n) is 13.1. The Kier molecular flexibility index (Phi) is 4.60. The molecule has 0 aliphatic carbocycles. The van der Waals surface area contributed by atoms with Crippen molar-refractivity contribution in [2.24, 2.45) is 0 Å². The molecular formula is C18H21N3O2. The molecule has 0 saturated heterocycles. The fourth-order valence-electron chi connectivity index (χ4n) is 2.63. The van der Waals surface area contributed by atoms with E-state index >= 15 is 0 Å². The molecule has 5 heteroatoms. The van der Waals surface area contributed by atoms with Crippen LogP contribution in [0.25, 0.3) is 11.0 Å². The molecule has 0 radical (unpaired) electrons. The highest BCUT2D eigenvalue weighted by Gasteiger charge is 2.09. The van der Waals surface area contributed by atoms with Crippen LogP contribution in [0.15, 0.2) is 48.5 Å². The summed E-state index contributed by atoms with van der Waals surface area (Å²) in [6.07, 6.45) is -0.761. The maximum Gasteiger partial charge on any atom is 0.107 e. The van der Waals surface area contributed by atoms with Gasteiger partial charge in [-0.15, -0.1) is 0 Å². The Morgan fingerprint density at radius 2 is 1.96 bits per heavy atom. The fourth-order valence-corrected chi connectivity index (χ4v) is 2.63. The third-order valence-corrected chi connectivity index (χ3v) is 3.88. The summed E-state index contributed by atoms with van der Waals surface area (Å²) in [5, 5.41) is 21.4. The van der Waals surface area contributed by atoms with Crippen molar-refractivity contribution in [3.63, 3.8) is 0 Å². The van der Waals surface area contributed by atoms with Crippen molar-refractivity contribution in [3.05, 3.63) is 59.9 Å². The van der Waals surface area contributed by atoms with Crippen LogP contribution in [0, 0.1) is 6.92 Å². The highest BCUT2D eigenvalue weighted by molar-refractivity contribution is 5.80. The van der Waals surface area contributed by atoms with Crippen molar-refractivity contribution < 1.29 is 10.2 Å². The topological polar surface area (TPSA) is 70.3 Å². The van der Waals surface area contributed by atoms with Gasteiger partial charge in [0.1, 0.15) is 5.82 Å². The minimum absolute atomic E-state index is 0.250. The van der Waals surface area contributed by atoms with E-state index in [1.54, 1.807) is 0 Å². The van der Waals surface area contributed by atoms with Crippen LogP contribution in [0.3, 0.4) is 0 Å². The van der Waals surface area contributed by atoms with Gasteiger partial charge in [-0.25, -0.2) is 4.98 Å². The highest BCUT2D eigenvalue weighted by atomic mass is 16.3. The lowest BCUT2D eigenvalue weighted by molar-refractivity contribution is 0.105. The van der Waals surface area contributed by atoms with Crippen LogP contribution in [0.5, 0.6) is 0 Å². The van der Waals surface area contributed by atoms with Gasteiger partial charge in [0.05, 0.1) is 23.7 Å². The molecule has 0 bridgehead atoms. The standard InChI is InChI=1S/C18H21N3O2/c1-13-20-17-9-15(19-10-16(23)12-22)7-8-18(17)21(13)11-14-5-3-2-4-6-14/h2-9,16,19,22-23H,10-12H2,1H3. The van der Waals surface area contributed by atoms with Crippen LogP contribution < -0.4 is 5.32 Å². The Labute approximate surface area is 135 Å². The van der Waals surface area contributed by atoms with Gasteiger partial charge in [0, 0.05) is 18.8 Å². The Balaban J connectivity index is 1.85. The van der Waals surface area contributed by atoms with Gasteiger partial charge in [-0.2, -0.15) is 0 Å². The number of benzene rings is 2. The van der Waals surface area contributed by atoms with Crippen LogP contribution in [-0.2, 0) is 6.54 Å². The van der Waals surface area contributed by atoms with E-state index < -0.39 is 6.10 Å². The molecule has 2 aromatic carbocycles.